The van der Waals surface area contributed by atoms with Crippen molar-refractivity contribution < 1.29 is 9.53 Å². The summed E-state index contributed by atoms with van der Waals surface area (Å²) in [5.41, 5.74) is 2.27. The quantitative estimate of drug-likeness (QED) is 0.461. The fourth-order valence-corrected chi connectivity index (χ4v) is 3.88. The van der Waals surface area contributed by atoms with E-state index >= 15 is 0 Å². The molecule has 1 saturated heterocycles. The number of guanidine groups is 1. The molecule has 1 atom stereocenters. The lowest BCUT2D eigenvalue weighted by Crippen LogP contribution is -2.40. The molecule has 1 amide bonds. The second kappa shape index (κ2) is 11.6. The highest BCUT2D eigenvalue weighted by atomic mass is 35.5. The van der Waals surface area contributed by atoms with Crippen LogP contribution in [0.4, 0.5) is 0 Å². The number of carbonyl (C=O) groups is 1. The molecule has 6 nitrogen and oxygen atoms in total. The third kappa shape index (κ3) is 6.89. The maximum atomic E-state index is 12.4. The van der Waals surface area contributed by atoms with E-state index in [1.807, 2.05) is 48.2 Å². The number of hydrogen-bond acceptors (Lipinski definition) is 3. The van der Waals surface area contributed by atoms with Crippen LogP contribution in [0.15, 0.2) is 53.5 Å². The summed E-state index contributed by atoms with van der Waals surface area (Å²) in [6.45, 7) is 5.34. The highest BCUT2D eigenvalue weighted by Crippen LogP contribution is 2.23. The van der Waals surface area contributed by atoms with Crippen LogP contribution in [-0.4, -0.2) is 50.1 Å². The second-order valence-corrected chi connectivity index (χ2v) is 8.07. The van der Waals surface area contributed by atoms with Gasteiger partial charge in [0.1, 0.15) is 5.75 Å². The van der Waals surface area contributed by atoms with Crippen molar-refractivity contribution in [1.82, 2.24) is 15.5 Å². The smallest absolute Gasteiger partial charge is 0.223 e. The van der Waals surface area contributed by atoms with Gasteiger partial charge >= 0.3 is 0 Å². The van der Waals surface area contributed by atoms with E-state index in [0.717, 1.165) is 30.8 Å². The molecule has 2 aromatic rings. The number of nitrogens with one attached hydrogen (secondary N) is 2. The summed E-state index contributed by atoms with van der Waals surface area (Å²) in [5, 5.41) is 7.32. The van der Waals surface area contributed by atoms with Crippen LogP contribution < -0.4 is 15.4 Å². The predicted molar refractivity (Wildman–Crippen MR) is 126 cm³/mol. The Labute approximate surface area is 189 Å². The number of carbonyl (C=O) groups excluding carboxylic acids is 1. The highest BCUT2D eigenvalue weighted by Gasteiger charge is 2.29. The maximum Gasteiger partial charge on any atom is 0.223 e. The molecule has 1 aliphatic rings. The number of amides is 1. The van der Waals surface area contributed by atoms with Crippen LogP contribution in [0.3, 0.4) is 0 Å². The van der Waals surface area contributed by atoms with Crippen LogP contribution in [0.25, 0.3) is 0 Å². The molecule has 1 unspecified atom stereocenters. The average molecular weight is 443 g/mol. The van der Waals surface area contributed by atoms with E-state index in [1.54, 1.807) is 7.05 Å². The van der Waals surface area contributed by atoms with E-state index in [4.69, 9.17) is 16.3 Å². The fourth-order valence-electron chi connectivity index (χ4n) is 3.72. The molecule has 3 rings (SSSR count). The lowest BCUT2D eigenvalue weighted by molar-refractivity contribution is -0.127. The average Bonchev–Trinajstić information content (AvgIpc) is 3.14. The molecule has 166 valence electrons. The normalized spacial score (nSPS) is 16.5. The third-order valence-electron chi connectivity index (χ3n) is 5.36. The van der Waals surface area contributed by atoms with Gasteiger partial charge in [-0.1, -0.05) is 48.0 Å². The topological polar surface area (TPSA) is 66.0 Å². The molecule has 1 heterocycles. The SMILES string of the molecule is CCOc1cc(Cl)ccc1CNC(=NC)NCC1CC(=O)N(CCc2ccccc2)C1. The first-order chi connectivity index (χ1) is 15.1. The molecule has 31 heavy (non-hydrogen) atoms. The summed E-state index contributed by atoms with van der Waals surface area (Å²) in [7, 11) is 1.74. The summed E-state index contributed by atoms with van der Waals surface area (Å²) in [4.78, 5) is 18.7. The first-order valence-corrected chi connectivity index (χ1v) is 11.1. The fraction of sp³-hybridized carbons (Fsp3) is 0.417. The monoisotopic (exact) mass is 442 g/mol. The van der Waals surface area contributed by atoms with E-state index in [1.165, 1.54) is 5.56 Å². The summed E-state index contributed by atoms with van der Waals surface area (Å²) in [6.07, 6.45) is 1.46. The summed E-state index contributed by atoms with van der Waals surface area (Å²) in [5.74, 6) is 1.98. The van der Waals surface area contributed by atoms with Crippen molar-refractivity contribution in [3.63, 3.8) is 0 Å². The van der Waals surface area contributed by atoms with E-state index < -0.39 is 0 Å². The van der Waals surface area contributed by atoms with Gasteiger partial charge in [-0.05, 0) is 31.0 Å². The minimum atomic E-state index is 0.230. The van der Waals surface area contributed by atoms with E-state index in [2.05, 4.69) is 27.8 Å². The Balaban J connectivity index is 1.45. The van der Waals surface area contributed by atoms with Gasteiger partial charge in [-0.25, -0.2) is 0 Å². The number of likely N-dealkylation sites (tertiary alicyclic amines) is 1. The van der Waals surface area contributed by atoms with Gasteiger partial charge in [-0.3, -0.25) is 9.79 Å². The number of rotatable bonds is 9. The Morgan fingerprint density at radius 1 is 1.23 bits per heavy atom. The Kier molecular flexibility index (Phi) is 8.59. The van der Waals surface area contributed by atoms with Crippen molar-refractivity contribution in [3.8, 4) is 5.75 Å². The minimum Gasteiger partial charge on any atom is -0.493 e. The second-order valence-electron chi connectivity index (χ2n) is 7.64. The van der Waals surface area contributed by atoms with E-state index in [-0.39, 0.29) is 11.8 Å². The zero-order chi connectivity index (χ0) is 22.1. The lowest BCUT2D eigenvalue weighted by atomic mass is 10.1. The van der Waals surface area contributed by atoms with Crippen LogP contribution in [0.5, 0.6) is 5.75 Å². The summed E-state index contributed by atoms with van der Waals surface area (Å²) < 4.78 is 5.68. The molecule has 1 fully saturated rings. The van der Waals surface area contributed by atoms with Crippen LogP contribution in [-0.2, 0) is 17.8 Å². The molecule has 1 aliphatic heterocycles. The van der Waals surface area contributed by atoms with Gasteiger partial charge in [0.15, 0.2) is 5.96 Å². The Hall–Kier alpha value is -2.73. The van der Waals surface area contributed by atoms with Gasteiger partial charge in [0.2, 0.25) is 5.91 Å². The van der Waals surface area contributed by atoms with Gasteiger partial charge in [-0.2, -0.15) is 0 Å². The molecule has 0 bridgehead atoms. The van der Waals surface area contributed by atoms with Crippen molar-refractivity contribution in [3.05, 3.63) is 64.7 Å². The summed E-state index contributed by atoms with van der Waals surface area (Å²) in [6, 6.07) is 15.9. The molecule has 0 aliphatic carbocycles. The van der Waals surface area contributed by atoms with Crippen LogP contribution in [0, 0.1) is 5.92 Å². The minimum absolute atomic E-state index is 0.230. The first kappa shape index (κ1) is 22.9. The molecular weight excluding hydrogens is 412 g/mol. The van der Waals surface area contributed by atoms with Gasteiger partial charge in [0.05, 0.1) is 6.61 Å². The lowest BCUT2D eigenvalue weighted by Gasteiger charge is -2.18. The largest absolute Gasteiger partial charge is 0.493 e. The molecule has 2 N–H and O–H groups in total. The number of halogens is 1. The molecule has 2 aromatic carbocycles. The van der Waals surface area contributed by atoms with Crippen LogP contribution in [0.1, 0.15) is 24.5 Å². The zero-order valence-corrected chi connectivity index (χ0v) is 19.0. The zero-order valence-electron chi connectivity index (χ0n) is 18.2. The molecular formula is C24H31ClN4O2. The number of aliphatic imine (C=N–C) groups is 1. The van der Waals surface area contributed by atoms with E-state index in [0.29, 0.717) is 37.1 Å². The van der Waals surface area contributed by atoms with Gasteiger partial charge in [0, 0.05) is 56.2 Å². The molecule has 0 saturated carbocycles. The molecule has 0 radical (unpaired) electrons. The van der Waals surface area contributed by atoms with Crippen LogP contribution in [0.2, 0.25) is 5.02 Å². The van der Waals surface area contributed by atoms with Gasteiger partial charge < -0.3 is 20.3 Å². The third-order valence-corrected chi connectivity index (χ3v) is 5.60. The molecule has 7 heteroatoms. The number of hydrogen-bond donors (Lipinski definition) is 2. The van der Waals surface area contributed by atoms with Gasteiger partial charge in [-0.15, -0.1) is 0 Å². The van der Waals surface area contributed by atoms with E-state index in [9.17, 15) is 4.79 Å². The number of benzene rings is 2. The van der Waals surface area contributed by atoms with Crippen molar-refractivity contribution in [1.29, 1.82) is 0 Å². The van der Waals surface area contributed by atoms with Crippen molar-refractivity contribution in [2.45, 2.75) is 26.3 Å². The van der Waals surface area contributed by atoms with Crippen molar-refractivity contribution >= 4 is 23.5 Å². The van der Waals surface area contributed by atoms with Crippen molar-refractivity contribution in [2.24, 2.45) is 10.9 Å². The van der Waals surface area contributed by atoms with Gasteiger partial charge in [0.25, 0.3) is 0 Å². The highest BCUT2D eigenvalue weighted by molar-refractivity contribution is 6.30. The molecule has 0 spiro atoms. The Morgan fingerprint density at radius 2 is 2.03 bits per heavy atom. The predicted octanol–water partition coefficient (Wildman–Crippen LogP) is 3.49. The summed E-state index contributed by atoms with van der Waals surface area (Å²) >= 11 is 6.08. The molecule has 0 aromatic heterocycles. The first-order valence-electron chi connectivity index (χ1n) is 10.8. The number of ether oxygens (including phenoxy) is 1. The standard InChI is InChI=1S/C24H31ClN4O2/c1-3-31-22-14-21(25)10-9-20(22)16-28-24(26-2)27-15-19-13-23(30)29(17-19)12-11-18-7-5-4-6-8-18/h4-10,14,19H,3,11-13,15-17H2,1-2H3,(H2,26,27,28). The Morgan fingerprint density at radius 3 is 2.77 bits per heavy atom. The Bertz CT molecular complexity index is 888. The maximum absolute atomic E-state index is 12.4. The van der Waals surface area contributed by atoms with Crippen LogP contribution >= 0.6 is 11.6 Å². The number of nitrogens with zero attached hydrogens (tertiary/aromatic N) is 2. The van der Waals surface area contributed by atoms with Crippen molar-refractivity contribution in [2.75, 3.05) is 33.3 Å².